The summed E-state index contributed by atoms with van der Waals surface area (Å²) in [6.07, 6.45) is 3.13. The molecule has 1 N–H and O–H groups in total. The molecule has 4 aromatic rings. The zero-order chi connectivity index (χ0) is 26.9. The van der Waals surface area contributed by atoms with Crippen LogP contribution in [-0.2, 0) is 12.8 Å². The SMILES string of the molecule is COc1ccc(C(=O)Oc2ccc(C=NNC(=O)c3ccc(CSc4nncn4C)cc3)cc2OC)cc1. The molecule has 0 saturated carbocycles. The van der Waals surface area contributed by atoms with Gasteiger partial charge in [0.05, 0.1) is 26.0 Å². The van der Waals surface area contributed by atoms with Gasteiger partial charge in [0.2, 0.25) is 0 Å². The molecule has 0 saturated heterocycles. The van der Waals surface area contributed by atoms with Crippen LogP contribution in [0.5, 0.6) is 17.2 Å². The van der Waals surface area contributed by atoms with Gasteiger partial charge in [-0.2, -0.15) is 5.10 Å². The lowest BCUT2D eigenvalue weighted by molar-refractivity contribution is 0.0729. The molecular formula is C27H25N5O5S. The predicted octanol–water partition coefficient (Wildman–Crippen LogP) is 4.11. The second-order valence-corrected chi connectivity index (χ2v) is 8.88. The first-order valence-electron chi connectivity index (χ1n) is 11.4. The zero-order valence-electron chi connectivity index (χ0n) is 21.0. The summed E-state index contributed by atoms with van der Waals surface area (Å²) >= 11 is 1.56. The van der Waals surface area contributed by atoms with E-state index in [2.05, 4.69) is 20.7 Å². The second kappa shape index (κ2) is 12.5. The van der Waals surface area contributed by atoms with E-state index in [0.29, 0.717) is 33.9 Å². The average Bonchev–Trinajstić information content (AvgIpc) is 3.37. The van der Waals surface area contributed by atoms with E-state index in [-0.39, 0.29) is 11.7 Å². The van der Waals surface area contributed by atoms with Crippen LogP contribution in [0.25, 0.3) is 0 Å². The van der Waals surface area contributed by atoms with E-state index in [0.717, 1.165) is 10.7 Å². The number of rotatable bonds is 10. The monoisotopic (exact) mass is 531 g/mol. The van der Waals surface area contributed by atoms with Crippen LogP contribution in [0.2, 0.25) is 0 Å². The number of carbonyl (C=O) groups is 2. The summed E-state index contributed by atoms with van der Waals surface area (Å²) in [5.74, 6) is 1.08. The zero-order valence-corrected chi connectivity index (χ0v) is 21.8. The number of methoxy groups -OCH3 is 2. The number of aryl methyl sites for hydroxylation is 1. The molecule has 0 spiro atoms. The third-order valence-electron chi connectivity index (χ3n) is 5.35. The standard InChI is InChI=1S/C27H25N5O5S/c1-32-17-29-31-27(32)38-16-18-4-7-20(8-5-18)25(33)30-28-15-19-6-13-23(24(14-19)36-3)37-26(34)21-9-11-22(35-2)12-10-21/h4-15,17H,16H2,1-3H3,(H,30,33). The number of hydrogen-bond acceptors (Lipinski definition) is 9. The normalized spacial score (nSPS) is 10.8. The summed E-state index contributed by atoms with van der Waals surface area (Å²) in [7, 11) is 4.91. The van der Waals surface area contributed by atoms with E-state index in [1.54, 1.807) is 79.8 Å². The molecule has 3 aromatic carbocycles. The van der Waals surface area contributed by atoms with E-state index in [1.165, 1.54) is 13.3 Å². The minimum absolute atomic E-state index is 0.256. The van der Waals surface area contributed by atoms with Crippen molar-refractivity contribution < 1.29 is 23.8 Å². The summed E-state index contributed by atoms with van der Waals surface area (Å²) in [5.41, 5.74) is 5.06. The molecule has 0 aliphatic rings. The summed E-state index contributed by atoms with van der Waals surface area (Å²) in [4.78, 5) is 24.9. The lowest BCUT2D eigenvalue weighted by atomic mass is 10.1. The first kappa shape index (κ1) is 26.4. The summed E-state index contributed by atoms with van der Waals surface area (Å²) < 4.78 is 17.8. The topological polar surface area (TPSA) is 117 Å². The summed E-state index contributed by atoms with van der Waals surface area (Å²) in [5, 5.41) is 12.8. The Hall–Kier alpha value is -4.64. The Labute approximate surface area is 223 Å². The van der Waals surface area contributed by atoms with E-state index >= 15 is 0 Å². The number of thioether (sulfide) groups is 1. The van der Waals surface area contributed by atoms with Crippen molar-refractivity contribution in [3.05, 3.63) is 95.3 Å². The van der Waals surface area contributed by atoms with Gasteiger partial charge in [-0.05, 0) is 65.7 Å². The van der Waals surface area contributed by atoms with E-state index < -0.39 is 5.97 Å². The van der Waals surface area contributed by atoms with Crippen molar-refractivity contribution in [2.45, 2.75) is 10.9 Å². The minimum Gasteiger partial charge on any atom is -0.497 e. The number of hydrazone groups is 1. The largest absolute Gasteiger partial charge is 0.497 e. The second-order valence-electron chi connectivity index (χ2n) is 7.94. The maximum absolute atomic E-state index is 12.5. The number of nitrogens with zero attached hydrogens (tertiary/aromatic N) is 4. The molecular weight excluding hydrogens is 506 g/mol. The third-order valence-corrected chi connectivity index (χ3v) is 6.46. The molecule has 0 aliphatic carbocycles. The number of carbonyl (C=O) groups excluding carboxylic acids is 2. The van der Waals surface area contributed by atoms with Gasteiger partial charge in [0, 0.05) is 18.4 Å². The molecule has 0 fully saturated rings. The number of hydrogen-bond donors (Lipinski definition) is 1. The lowest BCUT2D eigenvalue weighted by Gasteiger charge is -2.10. The van der Waals surface area contributed by atoms with E-state index in [9.17, 15) is 9.59 Å². The predicted molar refractivity (Wildman–Crippen MR) is 143 cm³/mol. The van der Waals surface area contributed by atoms with Crippen LogP contribution in [0.1, 0.15) is 31.8 Å². The van der Waals surface area contributed by atoms with Gasteiger partial charge >= 0.3 is 5.97 Å². The van der Waals surface area contributed by atoms with Gasteiger partial charge in [-0.3, -0.25) is 4.79 Å². The van der Waals surface area contributed by atoms with E-state index in [4.69, 9.17) is 14.2 Å². The lowest BCUT2D eigenvalue weighted by Crippen LogP contribution is -2.17. The highest BCUT2D eigenvalue weighted by Crippen LogP contribution is 2.28. The van der Waals surface area contributed by atoms with Crippen LogP contribution >= 0.6 is 11.8 Å². The van der Waals surface area contributed by atoms with Crippen molar-refractivity contribution >= 4 is 29.9 Å². The first-order valence-corrected chi connectivity index (χ1v) is 12.4. The minimum atomic E-state index is -0.530. The van der Waals surface area contributed by atoms with Gasteiger partial charge in [0.1, 0.15) is 12.1 Å². The number of nitrogens with one attached hydrogen (secondary N) is 1. The quantitative estimate of drug-likeness (QED) is 0.107. The van der Waals surface area contributed by atoms with E-state index in [1.807, 2.05) is 23.7 Å². The van der Waals surface area contributed by atoms with Gasteiger partial charge in [-0.25, -0.2) is 10.2 Å². The fraction of sp³-hybridized carbons (Fsp3) is 0.148. The molecule has 194 valence electrons. The average molecular weight is 532 g/mol. The Bertz CT molecular complexity index is 1440. The van der Waals surface area contributed by atoms with Gasteiger partial charge in [0.25, 0.3) is 5.91 Å². The molecule has 1 amide bonds. The molecule has 4 rings (SSSR count). The highest BCUT2D eigenvalue weighted by molar-refractivity contribution is 7.98. The van der Waals surface area contributed by atoms with Crippen molar-refractivity contribution in [3.63, 3.8) is 0 Å². The molecule has 0 radical (unpaired) electrons. The Morgan fingerprint density at radius 3 is 2.37 bits per heavy atom. The highest BCUT2D eigenvalue weighted by Gasteiger charge is 2.13. The first-order chi connectivity index (χ1) is 18.5. The maximum atomic E-state index is 12.5. The molecule has 0 unspecified atom stereocenters. The molecule has 10 nitrogen and oxygen atoms in total. The number of benzene rings is 3. The molecule has 38 heavy (non-hydrogen) atoms. The molecule has 0 atom stereocenters. The Morgan fingerprint density at radius 2 is 1.71 bits per heavy atom. The van der Waals surface area contributed by atoms with Crippen LogP contribution in [0, 0.1) is 0 Å². The number of amides is 1. The van der Waals surface area contributed by atoms with Crippen LogP contribution in [-0.4, -0.2) is 47.1 Å². The molecule has 1 heterocycles. The fourth-order valence-electron chi connectivity index (χ4n) is 3.27. The molecule has 1 aromatic heterocycles. The Morgan fingerprint density at radius 1 is 0.974 bits per heavy atom. The van der Waals surface area contributed by atoms with Gasteiger partial charge in [-0.1, -0.05) is 23.9 Å². The summed E-state index contributed by atoms with van der Waals surface area (Å²) in [6, 6.07) is 18.8. The fourth-order valence-corrected chi connectivity index (χ4v) is 4.11. The van der Waals surface area contributed by atoms with Crippen LogP contribution in [0.15, 0.2) is 83.3 Å². The smallest absolute Gasteiger partial charge is 0.343 e. The van der Waals surface area contributed by atoms with Crippen LogP contribution in [0.3, 0.4) is 0 Å². The van der Waals surface area contributed by atoms with Crippen molar-refractivity contribution in [2.75, 3.05) is 14.2 Å². The highest BCUT2D eigenvalue weighted by atomic mass is 32.2. The molecule has 0 bridgehead atoms. The molecule has 11 heteroatoms. The Kier molecular flexibility index (Phi) is 8.73. The summed E-state index contributed by atoms with van der Waals surface area (Å²) in [6.45, 7) is 0. The van der Waals surface area contributed by atoms with Gasteiger partial charge < -0.3 is 18.8 Å². The third kappa shape index (κ3) is 6.77. The molecule has 0 aliphatic heterocycles. The number of aromatic nitrogens is 3. The van der Waals surface area contributed by atoms with Gasteiger partial charge in [-0.15, -0.1) is 10.2 Å². The van der Waals surface area contributed by atoms with Crippen molar-refractivity contribution in [3.8, 4) is 17.2 Å². The number of ether oxygens (including phenoxy) is 3. The van der Waals surface area contributed by atoms with Crippen molar-refractivity contribution in [1.29, 1.82) is 0 Å². The Balaban J connectivity index is 1.32. The van der Waals surface area contributed by atoms with Gasteiger partial charge in [0.15, 0.2) is 16.7 Å². The maximum Gasteiger partial charge on any atom is 0.343 e. The van der Waals surface area contributed by atoms with Crippen molar-refractivity contribution in [1.82, 2.24) is 20.2 Å². The van der Waals surface area contributed by atoms with Crippen molar-refractivity contribution in [2.24, 2.45) is 12.1 Å². The van der Waals surface area contributed by atoms with Crippen LogP contribution in [0.4, 0.5) is 0 Å². The van der Waals surface area contributed by atoms with Crippen LogP contribution < -0.4 is 19.6 Å². The number of esters is 1.